The highest BCUT2D eigenvalue weighted by Gasteiger charge is 2.35. The Morgan fingerprint density at radius 1 is 1.06 bits per heavy atom. The molecule has 1 heterocycles. The normalized spacial score (nSPS) is 13.5. The molecular formula is C26H28N4O5. The van der Waals surface area contributed by atoms with Gasteiger partial charge in [0.05, 0.1) is 6.20 Å². The van der Waals surface area contributed by atoms with Crippen molar-refractivity contribution >= 4 is 23.8 Å². The van der Waals surface area contributed by atoms with E-state index in [2.05, 4.69) is 27.9 Å². The second kappa shape index (κ2) is 9.25. The minimum Gasteiger partial charge on any atom is -0.477 e. The van der Waals surface area contributed by atoms with Crippen molar-refractivity contribution in [3.05, 3.63) is 71.4 Å². The van der Waals surface area contributed by atoms with E-state index in [1.54, 1.807) is 20.8 Å². The number of ether oxygens (including phenoxy) is 1. The molecule has 2 aromatic carbocycles. The summed E-state index contributed by atoms with van der Waals surface area (Å²) in [5.74, 6) is -1.86. The van der Waals surface area contributed by atoms with Gasteiger partial charge in [0.2, 0.25) is 5.91 Å². The standard InChI is InChI=1S/C26H28N4O5/c1-26(2,3)21(23(31)29-22-19(24(32)33)13-27-30(22)4)28-25(34)35-14-20-17-11-7-5-9-15(17)16-10-6-8-12-18(16)20/h5-13,20-21H,14H2,1-4H3,(H,28,34)(H,29,31)(H,32,33)/t21-/m1/s1. The Kier molecular flexibility index (Phi) is 6.34. The topological polar surface area (TPSA) is 123 Å². The van der Waals surface area contributed by atoms with Crippen LogP contribution in [0.25, 0.3) is 11.1 Å². The van der Waals surface area contributed by atoms with E-state index in [0.29, 0.717) is 0 Å². The van der Waals surface area contributed by atoms with Crippen LogP contribution in [-0.4, -0.2) is 45.5 Å². The fourth-order valence-corrected chi connectivity index (χ4v) is 4.36. The van der Waals surface area contributed by atoms with Crippen molar-refractivity contribution in [2.24, 2.45) is 12.5 Å². The van der Waals surface area contributed by atoms with E-state index in [0.717, 1.165) is 28.5 Å². The van der Waals surface area contributed by atoms with Gasteiger partial charge in [0.1, 0.15) is 24.0 Å². The van der Waals surface area contributed by atoms with Gasteiger partial charge in [-0.2, -0.15) is 5.10 Å². The zero-order valence-electron chi connectivity index (χ0n) is 20.0. The lowest BCUT2D eigenvalue weighted by Gasteiger charge is -2.30. The number of benzene rings is 2. The molecule has 9 nitrogen and oxygen atoms in total. The number of nitrogens with one attached hydrogen (secondary N) is 2. The van der Waals surface area contributed by atoms with Crippen LogP contribution >= 0.6 is 0 Å². The van der Waals surface area contributed by atoms with E-state index in [1.807, 2.05) is 36.4 Å². The van der Waals surface area contributed by atoms with Crippen molar-refractivity contribution in [1.82, 2.24) is 15.1 Å². The van der Waals surface area contributed by atoms with E-state index >= 15 is 0 Å². The average Bonchev–Trinajstić information content (AvgIpc) is 3.33. The quantitative estimate of drug-likeness (QED) is 0.494. The number of carbonyl (C=O) groups excluding carboxylic acids is 2. The maximum atomic E-state index is 13.1. The number of fused-ring (bicyclic) bond motifs is 3. The molecule has 0 fully saturated rings. The number of carbonyl (C=O) groups is 3. The van der Waals surface area contributed by atoms with Crippen LogP contribution in [0.3, 0.4) is 0 Å². The molecule has 4 rings (SSSR count). The largest absolute Gasteiger partial charge is 0.477 e. The van der Waals surface area contributed by atoms with Gasteiger partial charge in [0.15, 0.2) is 0 Å². The summed E-state index contributed by atoms with van der Waals surface area (Å²) in [6.45, 7) is 5.50. The molecule has 1 aliphatic rings. The molecule has 9 heteroatoms. The third kappa shape index (κ3) is 4.75. The first-order valence-electron chi connectivity index (χ1n) is 11.3. The summed E-state index contributed by atoms with van der Waals surface area (Å²) in [5, 5.41) is 18.5. The van der Waals surface area contributed by atoms with Crippen molar-refractivity contribution in [2.75, 3.05) is 11.9 Å². The van der Waals surface area contributed by atoms with Crippen LogP contribution in [0.4, 0.5) is 10.6 Å². The Morgan fingerprint density at radius 2 is 1.63 bits per heavy atom. The Balaban J connectivity index is 1.47. The Bertz CT molecular complexity index is 1250. The van der Waals surface area contributed by atoms with E-state index in [4.69, 9.17) is 4.74 Å². The molecule has 0 radical (unpaired) electrons. The monoisotopic (exact) mass is 476 g/mol. The first kappa shape index (κ1) is 24.0. The second-order valence-electron chi connectivity index (χ2n) is 9.59. The van der Waals surface area contributed by atoms with Crippen molar-refractivity contribution < 1.29 is 24.2 Å². The molecule has 35 heavy (non-hydrogen) atoms. The van der Waals surface area contributed by atoms with Gasteiger partial charge in [0.25, 0.3) is 0 Å². The fourth-order valence-electron chi connectivity index (χ4n) is 4.36. The van der Waals surface area contributed by atoms with Gasteiger partial charge >= 0.3 is 12.1 Å². The van der Waals surface area contributed by atoms with Crippen LogP contribution in [-0.2, 0) is 16.6 Å². The molecule has 0 saturated carbocycles. The molecule has 2 amide bonds. The molecular weight excluding hydrogens is 448 g/mol. The molecule has 3 aromatic rings. The van der Waals surface area contributed by atoms with Gasteiger partial charge in [-0.05, 0) is 27.7 Å². The number of rotatable bonds is 6. The summed E-state index contributed by atoms with van der Waals surface area (Å²) in [6.07, 6.45) is 0.425. The smallest absolute Gasteiger partial charge is 0.407 e. The maximum Gasteiger partial charge on any atom is 0.407 e. The third-order valence-corrected chi connectivity index (χ3v) is 6.14. The Labute approximate surface area is 203 Å². The van der Waals surface area contributed by atoms with Crippen LogP contribution in [0.5, 0.6) is 0 Å². The lowest BCUT2D eigenvalue weighted by atomic mass is 9.86. The fraction of sp³-hybridized carbons (Fsp3) is 0.308. The number of amides is 2. The van der Waals surface area contributed by atoms with Crippen molar-refractivity contribution in [1.29, 1.82) is 0 Å². The van der Waals surface area contributed by atoms with Gasteiger partial charge in [-0.15, -0.1) is 0 Å². The third-order valence-electron chi connectivity index (χ3n) is 6.14. The summed E-state index contributed by atoms with van der Waals surface area (Å²) in [6, 6.07) is 15.1. The summed E-state index contributed by atoms with van der Waals surface area (Å²) in [7, 11) is 1.52. The molecule has 0 spiro atoms. The number of alkyl carbamates (subject to hydrolysis) is 1. The second-order valence-corrected chi connectivity index (χ2v) is 9.59. The molecule has 0 unspecified atom stereocenters. The SMILES string of the molecule is Cn1ncc(C(=O)O)c1NC(=O)[C@@H](NC(=O)OCC1c2ccccc2-c2ccccc21)C(C)(C)C. The summed E-state index contributed by atoms with van der Waals surface area (Å²) in [4.78, 5) is 37.3. The molecule has 1 aromatic heterocycles. The molecule has 0 aliphatic heterocycles. The minimum atomic E-state index is -1.22. The van der Waals surface area contributed by atoms with Gasteiger partial charge in [-0.1, -0.05) is 69.3 Å². The molecule has 0 bridgehead atoms. The first-order chi connectivity index (χ1) is 16.6. The van der Waals surface area contributed by atoms with Crippen LogP contribution < -0.4 is 10.6 Å². The maximum absolute atomic E-state index is 13.1. The molecule has 0 saturated heterocycles. The molecule has 182 valence electrons. The van der Waals surface area contributed by atoms with E-state index < -0.39 is 29.4 Å². The average molecular weight is 477 g/mol. The number of aromatic carboxylic acids is 1. The van der Waals surface area contributed by atoms with Crippen molar-refractivity contribution in [3.63, 3.8) is 0 Å². The van der Waals surface area contributed by atoms with Gasteiger partial charge < -0.3 is 20.5 Å². The minimum absolute atomic E-state index is 0.0334. The van der Waals surface area contributed by atoms with E-state index in [1.165, 1.54) is 11.7 Å². The van der Waals surface area contributed by atoms with Crippen molar-refractivity contribution in [2.45, 2.75) is 32.7 Å². The summed E-state index contributed by atoms with van der Waals surface area (Å²) >= 11 is 0. The number of nitrogens with zero attached hydrogens (tertiary/aromatic N) is 2. The zero-order chi connectivity index (χ0) is 25.3. The highest BCUT2D eigenvalue weighted by atomic mass is 16.5. The van der Waals surface area contributed by atoms with Crippen LogP contribution in [0.15, 0.2) is 54.7 Å². The Morgan fingerprint density at radius 3 is 2.17 bits per heavy atom. The summed E-state index contributed by atoms with van der Waals surface area (Å²) in [5.41, 5.74) is 3.59. The van der Waals surface area contributed by atoms with Crippen LogP contribution in [0.1, 0.15) is 48.2 Å². The highest BCUT2D eigenvalue weighted by Crippen LogP contribution is 2.44. The number of hydrogen-bond donors (Lipinski definition) is 3. The lowest BCUT2D eigenvalue weighted by molar-refractivity contribution is -0.120. The number of anilines is 1. The van der Waals surface area contributed by atoms with Gasteiger partial charge in [0, 0.05) is 13.0 Å². The number of aromatic nitrogens is 2. The predicted molar refractivity (Wildman–Crippen MR) is 130 cm³/mol. The van der Waals surface area contributed by atoms with E-state index in [-0.39, 0.29) is 23.9 Å². The summed E-state index contributed by atoms with van der Waals surface area (Å²) < 4.78 is 6.85. The highest BCUT2D eigenvalue weighted by molar-refractivity contribution is 6.02. The Hall–Kier alpha value is -4.14. The molecule has 3 N–H and O–H groups in total. The predicted octanol–water partition coefficient (Wildman–Crippen LogP) is 4.01. The lowest BCUT2D eigenvalue weighted by Crippen LogP contribution is -2.52. The van der Waals surface area contributed by atoms with E-state index in [9.17, 15) is 19.5 Å². The number of hydrogen-bond acceptors (Lipinski definition) is 5. The number of carboxylic acids is 1. The molecule has 1 aliphatic carbocycles. The zero-order valence-corrected chi connectivity index (χ0v) is 20.0. The van der Waals surface area contributed by atoms with Crippen LogP contribution in [0.2, 0.25) is 0 Å². The molecule has 1 atom stereocenters. The first-order valence-corrected chi connectivity index (χ1v) is 11.3. The van der Waals surface area contributed by atoms with Gasteiger partial charge in [-0.3, -0.25) is 9.48 Å². The number of aryl methyl sites for hydroxylation is 1. The van der Waals surface area contributed by atoms with Crippen LogP contribution in [0, 0.1) is 5.41 Å². The van der Waals surface area contributed by atoms with Gasteiger partial charge in [-0.25, -0.2) is 9.59 Å². The number of carboxylic acid groups (broad SMARTS) is 1. The van der Waals surface area contributed by atoms with Crippen molar-refractivity contribution in [3.8, 4) is 11.1 Å².